The molecule has 2 atom stereocenters. The summed E-state index contributed by atoms with van der Waals surface area (Å²) in [4.78, 5) is 26.4. The standard InChI is InChI=1S/C28H31N7O/c1-18(2)12-31-28(36)35-22-11-23(35)17-34(16-22)27-7-6-19(13-30-27)25-9-20(21-14-32-33(3)15-21)10-26-24(25)5-4-8-29-26/h4-10,13-15,18,22-23H,11-12,16-17H2,1-3H3,(H,31,36). The molecule has 2 unspecified atom stereocenters. The summed E-state index contributed by atoms with van der Waals surface area (Å²) in [6.45, 7) is 6.59. The summed E-state index contributed by atoms with van der Waals surface area (Å²) in [7, 11) is 1.92. The van der Waals surface area contributed by atoms with E-state index in [4.69, 9.17) is 4.98 Å². The van der Waals surface area contributed by atoms with Gasteiger partial charge in [0.2, 0.25) is 0 Å². The third kappa shape index (κ3) is 4.06. The number of carbonyl (C=O) groups is 1. The lowest BCUT2D eigenvalue weighted by atomic mass is 9.88. The molecule has 0 saturated carbocycles. The summed E-state index contributed by atoms with van der Waals surface area (Å²) in [5.41, 5.74) is 5.25. The van der Waals surface area contributed by atoms with Gasteiger partial charge < -0.3 is 15.1 Å². The third-order valence-electron chi connectivity index (χ3n) is 7.23. The molecule has 3 fully saturated rings. The number of anilines is 1. The van der Waals surface area contributed by atoms with E-state index in [-0.39, 0.29) is 18.1 Å². The zero-order valence-corrected chi connectivity index (χ0v) is 20.9. The van der Waals surface area contributed by atoms with Crippen LogP contribution in [0.5, 0.6) is 0 Å². The van der Waals surface area contributed by atoms with E-state index in [1.165, 1.54) is 0 Å². The molecule has 6 heterocycles. The molecule has 0 radical (unpaired) electrons. The molecule has 4 aromatic rings. The maximum Gasteiger partial charge on any atom is 0.318 e. The molecule has 2 bridgehead atoms. The number of piperidine rings is 1. The molecule has 3 saturated heterocycles. The van der Waals surface area contributed by atoms with Crippen molar-refractivity contribution < 1.29 is 4.79 Å². The minimum absolute atomic E-state index is 0.0712. The fraction of sp³-hybridized carbons (Fsp3) is 0.357. The third-order valence-corrected chi connectivity index (χ3v) is 7.23. The number of rotatable bonds is 5. The highest BCUT2D eigenvalue weighted by atomic mass is 16.2. The van der Waals surface area contributed by atoms with Crippen molar-refractivity contribution in [1.82, 2.24) is 30.0 Å². The molecule has 8 nitrogen and oxygen atoms in total. The Kier molecular flexibility index (Phi) is 5.59. The normalized spacial score (nSPS) is 19.0. The van der Waals surface area contributed by atoms with Crippen LogP contribution < -0.4 is 10.2 Å². The Labute approximate surface area is 211 Å². The van der Waals surface area contributed by atoms with Crippen LogP contribution in [0.4, 0.5) is 10.6 Å². The number of aromatic nitrogens is 4. The van der Waals surface area contributed by atoms with Crippen molar-refractivity contribution in [2.45, 2.75) is 32.4 Å². The molecule has 184 valence electrons. The molecule has 36 heavy (non-hydrogen) atoms. The number of hydrogen-bond acceptors (Lipinski definition) is 5. The minimum Gasteiger partial charge on any atom is -0.352 e. The number of benzene rings is 1. The number of fused-ring (bicyclic) bond motifs is 3. The molecule has 3 aliphatic heterocycles. The van der Waals surface area contributed by atoms with E-state index in [1.54, 1.807) is 0 Å². The van der Waals surface area contributed by atoms with Crippen LogP contribution in [0.25, 0.3) is 33.2 Å². The molecule has 1 N–H and O–H groups in total. The van der Waals surface area contributed by atoms with Crippen LogP contribution in [0.15, 0.2) is 61.2 Å². The fourth-order valence-electron chi connectivity index (χ4n) is 5.40. The maximum atomic E-state index is 12.6. The van der Waals surface area contributed by atoms with Crippen LogP contribution in [-0.2, 0) is 7.05 Å². The van der Waals surface area contributed by atoms with Crippen LogP contribution in [0, 0.1) is 5.92 Å². The van der Waals surface area contributed by atoms with Crippen LogP contribution >= 0.6 is 0 Å². The first-order valence-electron chi connectivity index (χ1n) is 12.6. The lowest BCUT2D eigenvalue weighted by molar-refractivity contribution is 0.0364. The van der Waals surface area contributed by atoms with Crippen molar-refractivity contribution in [1.29, 1.82) is 0 Å². The Bertz CT molecular complexity index is 1400. The molecule has 7 rings (SSSR count). The van der Waals surface area contributed by atoms with Crippen LogP contribution in [0.2, 0.25) is 0 Å². The molecule has 3 aromatic heterocycles. The molecule has 0 aliphatic carbocycles. The summed E-state index contributed by atoms with van der Waals surface area (Å²) in [5, 5.41) is 8.50. The molecule has 1 aromatic carbocycles. The second-order valence-corrected chi connectivity index (χ2v) is 10.3. The van der Waals surface area contributed by atoms with Crippen molar-refractivity contribution in [3.8, 4) is 22.3 Å². The zero-order valence-electron chi connectivity index (χ0n) is 20.9. The van der Waals surface area contributed by atoms with Crippen molar-refractivity contribution in [3.63, 3.8) is 0 Å². The number of hydrogen-bond donors (Lipinski definition) is 1. The second-order valence-electron chi connectivity index (χ2n) is 10.3. The van der Waals surface area contributed by atoms with Gasteiger partial charge in [-0.2, -0.15) is 5.10 Å². The van der Waals surface area contributed by atoms with Gasteiger partial charge >= 0.3 is 6.03 Å². The van der Waals surface area contributed by atoms with Gasteiger partial charge in [-0.1, -0.05) is 19.9 Å². The average Bonchev–Trinajstić information content (AvgIpc) is 3.33. The number of carbonyl (C=O) groups excluding carboxylic acids is 1. The maximum absolute atomic E-state index is 12.6. The topological polar surface area (TPSA) is 79.2 Å². The SMILES string of the molecule is CC(C)CNC(=O)N1C2CC1CN(c1ccc(-c3cc(-c4cnn(C)c4)cc4ncccc34)cn1)C2. The number of aryl methyl sites for hydroxylation is 1. The fourth-order valence-corrected chi connectivity index (χ4v) is 5.40. The first kappa shape index (κ1) is 22.5. The van der Waals surface area contributed by atoms with Crippen LogP contribution in [-0.4, -0.2) is 62.4 Å². The number of nitrogens with one attached hydrogen (secondary N) is 1. The smallest absolute Gasteiger partial charge is 0.318 e. The van der Waals surface area contributed by atoms with E-state index in [0.717, 1.165) is 58.5 Å². The van der Waals surface area contributed by atoms with E-state index in [2.05, 4.69) is 64.5 Å². The second kappa shape index (κ2) is 8.93. The van der Waals surface area contributed by atoms with Crippen LogP contribution in [0.3, 0.4) is 0 Å². The van der Waals surface area contributed by atoms with E-state index in [0.29, 0.717) is 12.5 Å². The van der Waals surface area contributed by atoms with Gasteiger partial charge in [0.05, 0.1) is 23.8 Å². The minimum atomic E-state index is 0.0712. The predicted octanol–water partition coefficient (Wildman–Crippen LogP) is 4.33. The first-order valence-corrected chi connectivity index (χ1v) is 12.6. The number of amides is 2. The predicted molar refractivity (Wildman–Crippen MR) is 142 cm³/mol. The van der Waals surface area contributed by atoms with E-state index < -0.39 is 0 Å². The van der Waals surface area contributed by atoms with Gasteiger partial charge in [0.25, 0.3) is 0 Å². The van der Waals surface area contributed by atoms with Crippen molar-refractivity contribution in [3.05, 3.63) is 61.2 Å². The number of urea groups is 1. The van der Waals surface area contributed by atoms with Crippen molar-refractivity contribution in [2.24, 2.45) is 13.0 Å². The monoisotopic (exact) mass is 481 g/mol. The Morgan fingerprint density at radius 3 is 2.58 bits per heavy atom. The van der Waals surface area contributed by atoms with Gasteiger partial charge in [0, 0.05) is 61.8 Å². The van der Waals surface area contributed by atoms with Gasteiger partial charge in [-0.3, -0.25) is 9.67 Å². The number of nitrogens with zero attached hydrogens (tertiary/aromatic N) is 6. The lowest BCUT2D eigenvalue weighted by Crippen LogP contribution is -2.71. The zero-order chi connectivity index (χ0) is 24.8. The van der Waals surface area contributed by atoms with E-state index >= 15 is 0 Å². The highest BCUT2D eigenvalue weighted by Gasteiger charge is 2.47. The molecule has 0 spiro atoms. The summed E-state index contributed by atoms with van der Waals surface area (Å²) in [5.74, 6) is 1.41. The first-order chi connectivity index (χ1) is 17.5. The summed E-state index contributed by atoms with van der Waals surface area (Å²) < 4.78 is 1.81. The summed E-state index contributed by atoms with van der Waals surface area (Å²) in [6, 6.07) is 13.2. The Morgan fingerprint density at radius 2 is 1.89 bits per heavy atom. The summed E-state index contributed by atoms with van der Waals surface area (Å²) in [6.07, 6.45) is 8.75. The molecule has 8 heteroatoms. The largest absolute Gasteiger partial charge is 0.352 e. The number of piperazine rings is 1. The molecule has 3 aliphatic rings. The highest BCUT2D eigenvalue weighted by Crippen LogP contribution is 2.36. The van der Waals surface area contributed by atoms with Gasteiger partial charge in [-0.15, -0.1) is 0 Å². The Hall–Kier alpha value is -3.94. The van der Waals surface area contributed by atoms with Crippen molar-refractivity contribution >= 4 is 22.8 Å². The summed E-state index contributed by atoms with van der Waals surface area (Å²) >= 11 is 0. The Balaban J connectivity index is 1.23. The molecular weight excluding hydrogens is 450 g/mol. The molecule has 2 amide bonds. The quantitative estimate of drug-likeness (QED) is 0.459. The van der Waals surface area contributed by atoms with Gasteiger partial charge in [-0.25, -0.2) is 9.78 Å². The Morgan fingerprint density at radius 1 is 1.06 bits per heavy atom. The van der Waals surface area contributed by atoms with Gasteiger partial charge in [0.15, 0.2) is 0 Å². The van der Waals surface area contributed by atoms with Crippen molar-refractivity contribution in [2.75, 3.05) is 24.5 Å². The van der Waals surface area contributed by atoms with E-state index in [9.17, 15) is 4.79 Å². The van der Waals surface area contributed by atoms with Crippen LogP contribution in [0.1, 0.15) is 20.3 Å². The van der Waals surface area contributed by atoms with E-state index in [1.807, 2.05) is 47.5 Å². The highest BCUT2D eigenvalue weighted by molar-refractivity contribution is 5.98. The lowest BCUT2D eigenvalue weighted by Gasteiger charge is -2.56. The number of pyridine rings is 2. The van der Waals surface area contributed by atoms with Gasteiger partial charge in [-0.05, 0) is 53.8 Å². The van der Waals surface area contributed by atoms with Gasteiger partial charge in [0.1, 0.15) is 5.82 Å². The molecular formula is C28H31N7O. The average molecular weight is 482 g/mol.